The second-order valence-electron chi connectivity index (χ2n) is 7.34. The Hall–Kier alpha value is -0.720. The van der Waals surface area contributed by atoms with Crippen molar-refractivity contribution in [3.8, 4) is 0 Å². The molecule has 0 fully saturated rings. The quantitative estimate of drug-likeness (QED) is 0.150. The number of aliphatic hydroxyl groups is 1. The molecule has 28 heavy (non-hydrogen) atoms. The molecule has 0 spiro atoms. The van der Waals surface area contributed by atoms with Crippen LogP contribution in [0.25, 0.3) is 0 Å². The van der Waals surface area contributed by atoms with Crippen LogP contribution in [0.1, 0.15) is 90.9 Å². The lowest BCUT2D eigenvalue weighted by molar-refractivity contribution is -0.120. The van der Waals surface area contributed by atoms with E-state index in [1.54, 1.807) is 6.08 Å². The van der Waals surface area contributed by atoms with Gasteiger partial charge >= 0.3 is 7.82 Å². The van der Waals surface area contributed by atoms with Crippen molar-refractivity contribution in [1.29, 1.82) is 0 Å². The second-order valence-corrected chi connectivity index (χ2v) is 8.58. The number of carbonyl (C=O) groups excluding carboxylic acids is 1. The molecule has 0 radical (unpaired) electrons. The molecule has 0 rings (SSSR count). The fraction of sp³-hybridized carbons (Fsp3) is 0.850. The number of allylic oxidation sites excluding steroid dienone is 1. The zero-order valence-corrected chi connectivity index (χ0v) is 18.4. The summed E-state index contributed by atoms with van der Waals surface area (Å²) in [6.07, 6.45) is 17.1. The van der Waals surface area contributed by atoms with Crippen LogP contribution < -0.4 is 5.32 Å². The van der Waals surface area contributed by atoms with Gasteiger partial charge in [0.2, 0.25) is 5.91 Å². The molecule has 0 aromatic heterocycles. The van der Waals surface area contributed by atoms with Crippen LogP contribution in [-0.4, -0.2) is 39.6 Å². The molecule has 1 amide bonds. The molecular formula is C20H40NO6P. The van der Waals surface area contributed by atoms with Crippen LogP contribution >= 0.6 is 7.82 Å². The molecule has 0 aliphatic rings. The highest BCUT2D eigenvalue weighted by molar-refractivity contribution is 7.46. The Bertz CT molecular complexity index is 466. The van der Waals surface area contributed by atoms with E-state index in [0.717, 1.165) is 19.3 Å². The largest absolute Gasteiger partial charge is 0.469 e. The molecule has 0 aromatic carbocycles. The van der Waals surface area contributed by atoms with Gasteiger partial charge in [-0.2, -0.15) is 0 Å². The van der Waals surface area contributed by atoms with Crippen LogP contribution in [0.3, 0.4) is 0 Å². The third kappa shape index (κ3) is 18.6. The van der Waals surface area contributed by atoms with E-state index in [-0.39, 0.29) is 0 Å². The maximum atomic E-state index is 11.2. The third-order valence-corrected chi connectivity index (χ3v) is 5.02. The summed E-state index contributed by atoms with van der Waals surface area (Å²) >= 11 is 0. The van der Waals surface area contributed by atoms with Crippen molar-refractivity contribution in [3.63, 3.8) is 0 Å². The highest BCUT2D eigenvalue weighted by atomic mass is 31.2. The number of hydrogen-bond acceptors (Lipinski definition) is 4. The highest BCUT2D eigenvalue weighted by Crippen LogP contribution is 2.35. The molecule has 2 atom stereocenters. The van der Waals surface area contributed by atoms with Gasteiger partial charge < -0.3 is 20.2 Å². The number of rotatable bonds is 18. The number of nitrogens with one attached hydrogen (secondary N) is 1. The van der Waals surface area contributed by atoms with E-state index in [4.69, 9.17) is 9.79 Å². The maximum Gasteiger partial charge on any atom is 0.469 e. The summed E-state index contributed by atoms with van der Waals surface area (Å²) in [5, 5.41) is 12.5. The molecule has 0 saturated heterocycles. The minimum Gasteiger partial charge on any atom is -0.387 e. The molecule has 166 valence electrons. The highest BCUT2D eigenvalue weighted by Gasteiger charge is 2.23. The van der Waals surface area contributed by atoms with Gasteiger partial charge in [0.1, 0.15) is 0 Å². The summed E-state index contributed by atoms with van der Waals surface area (Å²) in [6.45, 7) is 3.04. The first-order valence-electron chi connectivity index (χ1n) is 10.6. The molecule has 8 heteroatoms. The van der Waals surface area contributed by atoms with E-state index in [2.05, 4.69) is 16.8 Å². The summed E-state index contributed by atoms with van der Waals surface area (Å²) < 4.78 is 15.2. The number of amides is 1. The van der Waals surface area contributed by atoms with Gasteiger partial charge in [0, 0.05) is 6.92 Å². The van der Waals surface area contributed by atoms with E-state index >= 15 is 0 Å². The lowest BCUT2D eigenvalue weighted by Gasteiger charge is -2.21. The predicted octanol–water partition coefficient (Wildman–Crippen LogP) is 4.22. The van der Waals surface area contributed by atoms with Gasteiger partial charge in [-0.15, -0.1) is 0 Å². The topological polar surface area (TPSA) is 116 Å². The molecule has 0 heterocycles. The van der Waals surface area contributed by atoms with Gasteiger partial charge in [-0.05, 0) is 12.8 Å². The second kappa shape index (κ2) is 17.2. The van der Waals surface area contributed by atoms with Gasteiger partial charge in [-0.25, -0.2) is 4.57 Å². The first-order valence-corrected chi connectivity index (χ1v) is 12.1. The van der Waals surface area contributed by atoms with Crippen molar-refractivity contribution >= 4 is 13.7 Å². The van der Waals surface area contributed by atoms with Crippen LogP contribution in [0, 0.1) is 0 Å². The molecule has 2 unspecified atom stereocenters. The van der Waals surface area contributed by atoms with Crippen LogP contribution in [0.2, 0.25) is 0 Å². The molecule has 0 bridgehead atoms. The van der Waals surface area contributed by atoms with Crippen LogP contribution in [-0.2, 0) is 13.9 Å². The first-order chi connectivity index (χ1) is 13.3. The fourth-order valence-electron chi connectivity index (χ4n) is 2.96. The van der Waals surface area contributed by atoms with E-state index in [9.17, 15) is 14.5 Å². The lowest BCUT2D eigenvalue weighted by Crippen LogP contribution is -2.44. The van der Waals surface area contributed by atoms with Crippen molar-refractivity contribution in [2.24, 2.45) is 0 Å². The lowest BCUT2D eigenvalue weighted by atomic mass is 10.0. The van der Waals surface area contributed by atoms with Crippen molar-refractivity contribution in [1.82, 2.24) is 5.32 Å². The van der Waals surface area contributed by atoms with Crippen LogP contribution in [0.4, 0.5) is 0 Å². The average Bonchev–Trinajstić information content (AvgIpc) is 2.61. The Morgan fingerprint density at radius 1 is 1.00 bits per heavy atom. The molecule has 0 aliphatic heterocycles. The number of carbonyl (C=O) groups is 1. The Balaban J connectivity index is 3.84. The standard InChI is InChI=1S/C20H40NO6P/c1-3-4-5-6-7-8-9-10-11-12-13-14-15-16-20(23)19(21-18(2)22)17-27-28(24,25)26/h15-16,19-20,23H,3-14,17H2,1-2H3,(H,21,22)(H2,24,25,26)/b16-15+. The molecule has 0 aromatic rings. The average molecular weight is 422 g/mol. The first kappa shape index (κ1) is 27.3. The van der Waals surface area contributed by atoms with E-state index < -0.39 is 32.5 Å². The van der Waals surface area contributed by atoms with Crippen molar-refractivity contribution in [2.75, 3.05) is 6.61 Å². The van der Waals surface area contributed by atoms with Gasteiger partial charge in [-0.1, -0.05) is 83.3 Å². The predicted molar refractivity (Wildman–Crippen MR) is 112 cm³/mol. The summed E-state index contributed by atoms with van der Waals surface area (Å²) in [6, 6.07) is -0.904. The van der Waals surface area contributed by atoms with Crippen molar-refractivity contribution in [2.45, 2.75) is 103 Å². The maximum absolute atomic E-state index is 11.2. The molecule has 0 saturated carbocycles. The Morgan fingerprint density at radius 3 is 1.96 bits per heavy atom. The molecular weight excluding hydrogens is 381 g/mol. The van der Waals surface area contributed by atoms with Gasteiger partial charge in [0.15, 0.2) is 0 Å². The minimum atomic E-state index is -4.65. The zero-order chi connectivity index (χ0) is 21.3. The Morgan fingerprint density at radius 2 is 1.50 bits per heavy atom. The number of aliphatic hydroxyl groups excluding tert-OH is 1. The van der Waals surface area contributed by atoms with Crippen molar-refractivity contribution in [3.05, 3.63) is 12.2 Å². The number of phosphoric ester groups is 1. The minimum absolute atomic E-state index is 0.405. The van der Waals surface area contributed by atoms with E-state index in [0.29, 0.717) is 0 Å². The summed E-state index contributed by atoms with van der Waals surface area (Å²) in [4.78, 5) is 28.7. The Kier molecular flexibility index (Phi) is 16.7. The van der Waals surface area contributed by atoms with Gasteiger partial charge in [0.05, 0.1) is 18.8 Å². The van der Waals surface area contributed by atoms with Crippen LogP contribution in [0.15, 0.2) is 12.2 Å². The summed E-state index contributed by atoms with van der Waals surface area (Å²) in [7, 11) is -4.65. The number of hydrogen-bond donors (Lipinski definition) is 4. The van der Waals surface area contributed by atoms with Gasteiger partial charge in [0.25, 0.3) is 0 Å². The van der Waals surface area contributed by atoms with E-state index in [1.165, 1.54) is 64.7 Å². The fourth-order valence-corrected chi connectivity index (χ4v) is 3.32. The molecule has 7 nitrogen and oxygen atoms in total. The van der Waals surface area contributed by atoms with Crippen molar-refractivity contribution < 1.29 is 28.8 Å². The summed E-state index contributed by atoms with van der Waals surface area (Å²) in [5.41, 5.74) is 0. The smallest absolute Gasteiger partial charge is 0.387 e. The SMILES string of the molecule is CCCCCCCCCCCCC/C=C/C(O)C(COP(=O)(O)O)NC(C)=O. The molecule has 4 N–H and O–H groups in total. The van der Waals surface area contributed by atoms with E-state index in [1.807, 2.05) is 6.08 Å². The normalized spacial score (nSPS) is 14.3. The monoisotopic (exact) mass is 421 g/mol. The summed E-state index contributed by atoms with van der Waals surface area (Å²) in [5.74, 6) is -0.405. The molecule has 0 aliphatic carbocycles. The number of phosphoric acid groups is 1. The third-order valence-electron chi connectivity index (χ3n) is 4.53. The zero-order valence-electron chi connectivity index (χ0n) is 17.5. The number of unbranched alkanes of at least 4 members (excludes halogenated alkanes) is 11. The van der Waals surface area contributed by atoms with Crippen LogP contribution in [0.5, 0.6) is 0 Å². The van der Waals surface area contributed by atoms with Gasteiger partial charge in [-0.3, -0.25) is 9.32 Å². The Labute approximate surface area is 170 Å².